The van der Waals surface area contributed by atoms with Crippen molar-refractivity contribution in [1.29, 1.82) is 0 Å². The number of piperidine rings is 1. The number of nitrogens with two attached hydrogens (primary N) is 1. The number of hydrogen-bond acceptors (Lipinski definition) is 4. The molecule has 1 saturated heterocycles. The van der Waals surface area contributed by atoms with Crippen LogP contribution in [-0.2, 0) is 0 Å². The second-order valence-corrected chi connectivity index (χ2v) is 5.48. The third-order valence-corrected chi connectivity index (χ3v) is 4.23. The van der Waals surface area contributed by atoms with Gasteiger partial charge in [0.1, 0.15) is 11.5 Å². The lowest BCUT2D eigenvalue weighted by atomic mass is 9.96. The lowest BCUT2D eigenvalue weighted by Crippen LogP contribution is -2.40. The Kier molecular flexibility index (Phi) is 5.07. The highest BCUT2D eigenvalue weighted by molar-refractivity contribution is 5.95. The van der Waals surface area contributed by atoms with Crippen LogP contribution in [0.3, 0.4) is 0 Å². The molecule has 0 aliphatic carbocycles. The largest absolute Gasteiger partial charge is 0.496 e. The Labute approximate surface area is 126 Å². The fourth-order valence-electron chi connectivity index (χ4n) is 2.76. The van der Waals surface area contributed by atoms with E-state index < -0.39 is 0 Å². The molecule has 1 amide bonds. The molecule has 1 heterocycles. The maximum absolute atomic E-state index is 12.6. The Morgan fingerprint density at radius 1 is 1.24 bits per heavy atom. The fourth-order valence-corrected chi connectivity index (χ4v) is 2.76. The molecule has 1 aliphatic rings. The minimum Gasteiger partial charge on any atom is -0.496 e. The van der Waals surface area contributed by atoms with Crippen molar-refractivity contribution in [1.82, 2.24) is 4.90 Å². The van der Waals surface area contributed by atoms with Crippen LogP contribution in [0.5, 0.6) is 11.5 Å². The van der Waals surface area contributed by atoms with E-state index in [0.717, 1.165) is 31.5 Å². The van der Waals surface area contributed by atoms with Gasteiger partial charge in [-0.2, -0.15) is 0 Å². The average Bonchev–Trinajstić information content (AvgIpc) is 2.54. The van der Waals surface area contributed by atoms with Crippen LogP contribution in [0, 0.1) is 12.8 Å². The molecular formula is C16H24N2O3. The molecular weight excluding hydrogens is 268 g/mol. The summed E-state index contributed by atoms with van der Waals surface area (Å²) in [4.78, 5) is 14.5. The number of ether oxygens (including phenoxy) is 2. The van der Waals surface area contributed by atoms with Gasteiger partial charge in [-0.1, -0.05) is 0 Å². The number of methoxy groups -OCH3 is 2. The van der Waals surface area contributed by atoms with Gasteiger partial charge >= 0.3 is 0 Å². The topological polar surface area (TPSA) is 64.8 Å². The van der Waals surface area contributed by atoms with Crippen LogP contribution in [0.4, 0.5) is 0 Å². The first kappa shape index (κ1) is 15.6. The van der Waals surface area contributed by atoms with Gasteiger partial charge in [0.05, 0.1) is 14.2 Å². The van der Waals surface area contributed by atoms with E-state index in [0.29, 0.717) is 29.5 Å². The van der Waals surface area contributed by atoms with Crippen LogP contribution >= 0.6 is 0 Å². The van der Waals surface area contributed by atoms with Crippen molar-refractivity contribution in [2.24, 2.45) is 11.7 Å². The van der Waals surface area contributed by atoms with Gasteiger partial charge in [-0.15, -0.1) is 0 Å². The Balaban J connectivity index is 2.19. The van der Waals surface area contributed by atoms with Gasteiger partial charge in [0.2, 0.25) is 0 Å². The maximum Gasteiger partial charge on any atom is 0.254 e. The highest BCUT2D eigenvalue weighted by atomic mass is 16.5. The molecule has 2 rings (SSSR count). The van der Waals surface area contributed by atoms with Crippen molar-refractivity contribution < 1.29 is 14.3 Å². The van der Waals surface area contributed by atoms with Gasteiger partial charge < -0.3 is 20.1 Å². The lowest BCUT2D eigenvalue weighted by Gasteiger charge is -2.31. The van der Waals surface area contributed by atoms with E-state index in [9.17, 15) is 4.79 Å². The van der Waals surface area contributed by atoms with E-state index in [1.165, 1.54) is 0 Å². The van der Waals surface area contributed by atoms with Crippen molar-refractivity contribution in [2.45, 2.75) is 19.8 Å². The minimum atomic E-state index is 0.0297. The molecule has 1 aromatic rings. The van der Waals surface area contributed by atoms with Crippen LogP contribution in [0.15, 0.2) is 12.1 Å². The summed E-state index contributed by atoms with van der Waals surface area (Å²) in [5.74, 6) is 1.92. The molecule has 0 bridgehead atoms. The summed E-state index contributed by atoms with van der Waals surface area (Å²) in [6, 6.07) is 3.57. The van der Waals surface area contributed by atoms with E-state index in [1.807, 2.05) is 11.8 Å². The number of benzene rings is 1. The summed E-state index contributed by atoms with van der Waals surface area (Å²) in [5.41, 5.74) is 7.20. The number of hydrogen-bond donors (Lipinski definition) is 1. The van der Waals surface area contributed by atoms with Crippen molar-refractivity contribution in [3.63, 3.8) is 0 Å². The first-order chi connectivity index (χ1) is 10.1. The number of nitrogens with zero attached hydrogens (tertiary/aromatic N) is 1. The molecule has 0 atom stereocenters. The molecule has 1 aliphatic heterocycles. The SMILES string of the molecule is COc1cc(C(=O)N2CCC(CN)CC2)cc(OC)c1C. The summed E-state index contributed by atoms with van der Waals surface area (Å²) >= 11 is 0. The molecule has 21 heavy (non-hydrogen) atoms. The number of rotatable bonds is 4. The molecule has 116 valence electrons. The van der Waals surface area contributed by atoms with Crippen molar-refractivity contribution in [2.75, 3.05) is 33.9 Å². The van der Waals surface area contributed by atoms with Gasteiger partial charge in [-0.25, -0.2) is 0 Å². The molecule has 0 spiro atoms. The number of likely N-dealkylation sites (tertiary alicyclic amines) is 1. The summed E-state index contributed by atoms with van der Waals surface area (Å²) in [7, 11) is 3.20. The Morgan fingerprint density at radius 2 is 1.76 bits per heavy atom. The van der Waals surface area contributed by atoms with Crippen LogP contribution in [0.2, 0.25) is 0 Å². The number of carbonyl (C=O) groups excluding carboxylic acids is 1. The van der Waals surface area contributed by atoms with Gasteiger partial charge in [-0.3, -0.25) is 4.79 Å². The average molecular weight is 292 g/mol. The molecule has 5 nitrogen and oxygen atoms in total. The van der Waals surface area contributed by atoms with Gasteiger partial charge in [0.25, 0.3) is 5.91 Å². The third-order valence-electron chi connectivity index (χ3n) is 4.23. The normalized spacial score (nSPS) is 15.9. The summed E-state index contributed by atoms with van der Waals surface area (Å²) < 4.78 is 10.7. The number of amides is 1. The molecule has 0 radical (unpaired) electrons. The van der Waals surface area contributed by atoms with E-state index in [1.54, 1.807) is 26.4 Å². The molecule has 0 unspecified atom stereocenters. The smallest absolute Gasteiger partial charge is 0.254 e. The van der Waals surface area contributed by atoms with Gasteiger partial charge in [-0.05, 0) is 44.4 Å². The Hall–Kier alpha value is -1.75. The fraction of sp³-hybridized carbons (Fsp3) is 0.562. The van der Waals surface area contributed by atoms with Crippen molar-refractivity contribution in [3.05, 3.63) is 23.3 Å². The van der Waals surface area contributed by atoms with E-state index in [2.05, 4.69) is 0 Å². The van der Waals surface area contributed by atoms with E-state index >= 15 is 0 Å². The molecule has 2 N–H and O–H groups in total. The molecule has 0 saturated carbocycles. The molecule has 0 aromatic heterocycles. The first-order valence-electron chi connectivity index (χ1n) is 7.32. The van der Waals surface area contributed by atoms with Crippen molar-refractivity contribution >= 4 is 5.91 Å². The van der Waals surface area contributed by atoms with E-state index in [4.69, 9.17) is 15.2 Å². The minimum absolute atomic E-state index is 0.0297. The molecule has 1 fully saturated rings. The second kappa shape index (κ2) is 6.80. The Bertz CT molecular complexity index is 483. The quantitative estimate of drug-likeness (QED) is 0.919. The van der Waals surface area contributed by atoms with Crippen LogP contribution in [0.25, 0.3) is 0 Å². The zero-order valence-corrected chi connectivity index (χ0v) is 13.0. The third kappa shape index (κ3) is 3.29. The first-order valence-corrected chi connectivity index (χ1v) is 7.32. The highest BCUT2D eigenvalue weighted by Crippen LogP contribution is 2.30. The summed E-state index contributed by atoms with van der Waals surface area (Å²) in [6.07, 6.45) is 1.95. The zero-order chi connectivity index (χ0) is 15.4. The van der Waals surface area contributed by atoms with Crippen LogP contribution in [-0.4, -0.2) is 44.7 Å². The van der Waals surface area contributed by atoms with E-state index in [-0.39, 0.29) is 5.91 Å². The van der Waals surface area contributed by atoms with Gasteiger partial charge in [0, 0.05) is 24.2 Å². The van der Waals surface area contributed by atoms with Gasteiger partial charge in [0.15, 0.2) is 0 Å². The van der Waals surface area contributed by atoms with Crippen molar-refractivity contribution in [3.8, 4) is 11.5 Å². The number of carbonyl (C=O) groups is 1. The predicted octanol–water partition coefficient (Wildman–Crippen LogP) is 1.82. The monoisotopic (exact) mass is 292 g/mol. The zero-order valence-electron chi connectivity index (χ0n) is 13.0. The highest BCUT2D eigenvalue weighted by Gasteiger charge is 2.24. The summed E-state index contributed by atoms with van der Waals surface area (Å²) in [6.45, 7) is 4.14. The predicted molar refractivity (Wildman–Crippen MR) is 82.0 cm³/mol. The lowest BCUT2D eigenvalue weighted by molar-refractivity contribution is 0.0692. The van der Waals surface area contributed by atoms with Crippen LogP contribution in [0.1, 0.15) is 28.8 Å². The Morgan fingerprint density at radius 3 is 2.19 bits per heavy atom. The second-order valence-electron chi connectivity index (χ2n) is 5.48. The van der Waals surface area contributed by atoms with Crippen LogP contribution < -0.4 is 15.2 Å². The summed E-state index contributed by atoms with van der Waals surface area (Å²) in [5, 5.41) is 0. The molecule has 1 aromatic carbocycles. The standard InChI is InChI=1S/C16H24N2O3/c1-11-14(20-2)8-13(9-15(11)21-3)16(19)18-6-4-12(10-17)5-7-18/h8-9,12H,4-7,10,17H2,1-3H3. The maximum atomic E-state index is 12.6. The molecule has 5 heteroatoms.